The normalized spacial score (nSPS) is 15.9. The van der Waals surface area contributed by atoms with Crippen LogP contribution in [0.5, 0.6) is 5.75 Å². The van der Waals surface area contributed by atoms with Crippen LogP contribution in [0.4, 0.5) is 25.1 Å². The van der Waals surface area contributed by atoms with Crippen molar-refractivity contribution in [2.24, 2.45) is 0 Å². The van der Waals surface area contributed by atoms with E-state index in [4.69, 9.17) is 0 Å². The Morgan fingerprint density at radius 2 is 1.76 bits per heavy atom. The molecule has 17 heavy (non-hydrogen) atoms. The molecule has 10 heteroatoms. The summed E-state index contributed by atoms with van der Waals surface area (Å²) in [6.07, 6.45) is 0. The van der Waals surface area contributed by atoms with Gasteiger partial charge in [-0.2, -0.15) is 0 Å². The van der Waals surface area contributed by atoms with Crippen LogP contribution in [-0.4, -0.2) is 12.0 Å². The van der Waals surface area contributed by atoms with Crippen LogP contribution in [0.3, 0.4) is 0 Å². The van der Waals surface area contributed by atoms with Gasteiger partial charge in [-0.15, -0.1) is 0 Å². The summed E-state index contributed by atoms with van der Waals surface area (Å²) >= 11 is 0. The van der Waals surface area contributed by atoms with E-state index in [1.54, 1.807) is 0 Å². The zero-order valence-electron chi connectivity index (χ0n) is 8.20. The molecule has 0 radical (unpaired) electrons. The fraction of sp³-hybridized carbons (Fsp3) is 0.143. The highest BCUT2D eigenvalue weighted by Crippen LogP contribution is 3.03. The highest BCUT2D eigenvalue weighted by Gasteiger charge is 2.67. The lowest BCUT2D eigenvalue weighted by atomic mass is 10.3. The van der Waals surface area contributed by atoms with E-state index >= 15 is 0 Å². The molecule has 0 aliphatic rings. The van der Waals surface area contributed by atoms with Crippen LogP contribution in [0.2, 0.25) is 0 Å². The molecule has 1 aromatic rings. The minimum atomic E-state index is -10.0. The van der Waals surface area contributed by atoms with Crippen LogP contribution in [0, 0.1) is 10.1 Å². The Hall–Kier alpha value is -1.58. The Morgan fingerprint density at radius 1 is 1.24 bits per heavy atom. The van der Waals surface area contributed by atoms with E-state index in [-0.39, 0.29) is 6.07 Å². The van der Waals surface area contributed by atoms with Gasteiger partial charge in [0.05, 0.1) is 12.0 Å². The summed E-state index contributed by atoms with van der Waals surface area (Å²) in [5.74, 6) is -1.16. The van der Waals surface area contributed by atoms with Crippen LogP contribution >= 0.6 is 10.2 Å². The molecule has 1 aromatic carbocycles. The molecule has 0 heterocycles. The van der Waals surface area contributed by atoms with Crippen LogP contribution in [0.15, 0.2) is 23.1 Å². The van der Waals surface area contributed by atoms with Gasteiger partial charge in [0, 0.05) is 12.1 Å². The predicted molar refractivity (Wildman–Crippen MR) is 51.0 cm³/mol. The van der Waals surface area contributed by atoms with Gasteiger partial charge in [-0.3, -0.25) is 10.1 Å². The number of non-ortho nitro benzene ring substituents is 1. The van der Waals surface area contributed by atoms with Crippen LogP contribution < -0.4 is 4.74 Å². The van der Waals surface area contributed by atoms with E-state index in [2.05, 4.69) is 4.74 Å². The number of nitro benzene ring substituents is 1. The van der Waals surface area contributed by atoms with E-state index in [1.807, 2.05) is 0 Å². The molecule has 0 fully saturated rings. The van der Waals surface area contributed by atoms with Crippen molar-refractivity contribution in [1.82, 2.24) is 0 Å². The molecule has 0 aliphatic carbocycles. The number of hydrogen-bond donors (Lipinski definition) is 0. The number of nitrogens with zero attached hydrogens (tertiary/aromatic N) is 1. The van der Waals surface area contributed by atoms with Crippen LogP contribution in [0.25, 0.3) is 0 Å². The lowest BCUT2D eigenvalue weighted by molar-refractivity contribution is -0.385. The molecule has 0 N–H and O–H groups in total. The Balaban J connectivity index is 3.63. The highest BCUT2D eigenvalue weighted by molar-refractivity contribution is 8.45. The van der Waals surface area contributed by atoms with E-state index < -0.39 is 31.5 Å². The largest absolute Gasteiger partial charge is 0.495 e. The van der Waals surface area contributed by atoms with Crippen molar-refractivity contribution in [2.75, 3.05) is 7.11 Å². The standard InChI is InChI=1S/C7H6F5NO3S/c1-16-6-3-2-5(13(14)15)4-7(6)17(8,9,10,11)12/h2-4H,1H3. The molecular weight excluding hydrogens is 273 g/mol. The molecule has 0 unspecified atom stereocenters. The number of benzene rings is 1. The second kappa shape index (κ2) is 3.00. The Kier molecular flexibility index (Phi) is 2.38. The van der Waals surface area contributed by atoms with Gasteiger partial charge < -0.3 is 4.74 Å². The average Bonchev–Trinajstić information content (AvgIpc) is 2.13. The maximum absolute atomic E-state index is 12.5. The van der Waals surface area contributed by atoms with Gasteiger partial charge in [0.2, 0.25) is 0 Å². The summed E-state index contributed by atoms with van der Waals surface area (Å²) < 4.78 is 66.8. The number of methoxy groups -OCH3 is 1. The third-order valence-corrected chi connectivity index (χ3v) is 2.92. The number of rotatable bonds is 3. The fourth-order valence-electron chi connectivity index (χ4n) is 1.08. The highest BCUT2D eigenvalue weighted by atomic mass is 32.5. The molecule has 4 nitrogen and oxygen atoms in total. The first-order chi connectivity index (χ1) is 7.35. The summed E-state index contributed by atoms with van der Waals surface area (Å²) in [5, 5.41) is 10.3. The molecule has 0 aliphatic heterocycles. The van der Waals surface area contributed by atoms with Crippen LogP contribution in [-0.2, 0) is 0 Å². The molecular formula is C7H6F5NO3S. The molecule has 98 valence electrons. The number of halogens is 5. The zero-order chi connectivity index (χ0) is 13.5. The molecule has 0 bridgehead atoms. The van der Waals surface area contributed by atoms with Crippen molar-refractivity contribution >= 4 is 15.9 Å². The Morgan fingerprint density at radius 3 is 2.12 bits per heavy atom. The van der Waals surface area contributed by atoms with Gasteiger partial charge in [-0.25, -0.2) is 0 Å². The quantitative estimate of drug-likeness (QED) is 0.472. The molecule has 1 rings (SSSR count). The lowest BCUT2D eigenvalue weighted by Gasteiger charge is -2.40. The minimum Gasteiger partial charge on any atom is -0.495 e. The van der Waals surface area contributed by atoms with Crippen molar-refractivity contribution in [3.8, 4) is 5.75 Å². The first kappa shape index (κ1) is 13.5. The summed E-state index contributed by atoms with van der Waals surface area (Å²) in [6.45, 7) is 0. The topological polar surface area (TPSA) is 52.4 Å². The minimum absolute atomic E-state index is 0.236. The van der Waals surface area contributed by atoms with Gasteiger partial charge in [-0.1, -0.05) is 19.4 Å². The van der Waals surface area contributed by atoms with Gasteiger partial charge in [0.25, 0.3) is 5.69 Å². The first-order valence-electron chi connectivity index (χ1n) is 3.91. The van der Waals surface area contributed by atoms with E-state index in [0.29, 0.717) is 12.1 Å². The van der Waals surface area contributed by atoms with Gasteiger partial charge in [0.15, 0.2) is 4.90 Å². The zero-order valence-corrected chi connectivity index (χ0v) is 9.02. The summed E-state index contributed by atoms with van der Waals surface area (Å²) in [5.41, 5.74) is -1.09. The molecule has 0 atom stereocenters. The number of hydrogen-bond acceptors (Lipinski definition) is 3. The van der Waals surface area contributed by atoms with Crippen LogP contribution in [0.1, 0.15) is 0 Å². The molecule has 0 saturated carbocycles. The Bertz CT molecular complexity index is 485. The van der Waals surface area contributed by atoms with Crippen molar-refractivity contribution in [1.29, 1.82) is 0 Å². The molecule has 0 amide bonds. The van der Waals surface area contributed by atoms with E-state index in [9.17, 15) is 29.5 Å². The Labute approximate surface area is 91.9 Å². The monoisotopic (exact) mass is 279 g/mol. The molecule has 0 aromatic heterocycles. The third kappa shape index (κ3) is 2.96. The SMILES string of the molecule is COc1ccc([N+](=O)[O-])cc1S(F)(F)(F)(F)F. The maximum atomic E-state index is 12.5. The van der Waals surface area contributed by atoms with Crippen molar-refractivity contribution in [2.45, 2.75) is 4.90 Å². The fourth-order valence-corrected chi connectivity index (χ4v) is 1.96. The second-order valence-corrected chi connectivity index (χ2v) is 5.44. The third-order valence-electron chi connectivity index (χ3n) is 1.77. The smallest absolute Gasteiger partial charge is 0.314 e. The van der Waals surface area contributed by atoms with Gasteiger partial charge in [-0.05, 0) is 6.07 Å². The second-order valence-electron chi connectivity index (χ2n) is 3.06. The van der Waals surface area contributed by atoms with Crippen molar-refractivity contribution < 1.29 is 29.1 Å². The summed E-state index contributed by atoms with van der Waals surface area (Å²) in [6, 6.07) is 0.886. The molecule has 0 saturated heterocycles. The number of nitro groups is 1. The van der Waals surface area contributed by atoms with Gasteiger partial charge in [0.1, 0.15) is 5.75 Å². The molecule has 0 spiro atoms. The van der Waals surface area contributed by atoms with Crippen molar-refractivity contribution in [3.05, 3.63) is 28.3 Å². The predicted octanol–water partition coefficient (Wildman–Crippen LogP) is 4.26. The lowest BCUT2D eigenvalue weighted by Crippen LogP contribution is -2.08. The van der Waals surface area contributed by atoms with Gasteiger partial charge >= 0.3 is 10.2 Å². The number of ether oxygens (including phenoxy) is 1. The maximum Gasteiger partial charge on any atom is 0.314 e. The average molecular weight is 279 g/mol. The first-order valence-corrected chi connectivity index (χ1v) is 5.87. The van der Waals surface area contributed by atoms with E-state index in [0.717, 1.165) is 7.11 Å². The summed E-state index contributed by atoms with van der Waals surface area (Å²) in [4.78, 5) is 6.65. The van der Waals surface area contributed by atoms with Crippen molar-refractivity contribution in [3.63, 3.8) is 0 Å². The van der Waals surface area contributed by atoms with E-state index in [1.165, 1.54) is 0 Å². The summed E-state index contributed by atoms with van der Waals surface area (Å²) in [7, 11) is -9.26.